The molecule has 1 aromatic rings. The van der Waals surface area contributed by atoms with Crippen molar-refractivity contribution in [3.63, 3.8) is 0 Å². The molecule has 188 valence electrons. The molecule has 0 fully saturated rings. The van der Waals surface area contributed by atoms with E-state index >= 15 is 0 Å². The van der Waals surface area contributed by atoms with Crippen LogP contribution in [-0.2, 0) is 14.3 Å². The van der Waals surface area contributed by atoms with E-state index in [1.54, 1.807) is 25.9 Å². The number of carbonyl (C=O) groups excluding carboxylic acids is 1. The quantitative estimate of drug-likeness (QED) is 0.126. The fraction of sp³-hybridized carbons (Fsp3) is 0.600. The van der Waals surface area contributed by atoms with Gasteiger partial charge in [0.2, 0.25) is 0 Å². The number of aliphatic hydroxyl groups is 1. The maximum absolute atomic E-state index is 11.3. The zero-order valence-electron chi connectivity index (χ0n) is 20.2. The Labute approximate surface area is 200 Å². The Bertz CT molecular complexity index is 878. The van der Waals surface area contributed by atoms with Gasteiger partial charge in [-0.15, -0.1) is 0 Å². The van der Waals surface area contributed by atoms with Gasteiger partial charge in [-0.2, -0.15) is 0 Å². The fourth-order valence-corrected chi connectivity index (χ4v) is 3.77. The average Bonchev–Trinajstić information content (AvgIpc) is 2.80. The predicted molar refractivity (Wildman–Crippen MR) is 128 cm³/mol. The van der Waals surface area contributed by atoms with Crippen molar-refractivity contribution in [1.29, 1.82) is 0 Å². The number of hydrogen-bond acceptors (Lipinski definition) is 8. The van der Waals surface area contributed by atoms with E-state index in [4.69, 9.17) is 14.2 Å². The molecule has 1 aliphatic heterocycles. The summed E-state index contributed by atoms with van der Waals surface area (Å²) in [6.07, 6.45) is 8.45. The number of hydrogen-bond donors (Lipinski definition) is 2. The number of ether oxygens (including phenoxy) is 3. The summed E-state index contributed by atoms with van der Waals surface area (Å²) in [6.45, 7) is 6.49. The second-order valence-corrected chi connectivity index (χ2v) is 8.84. The highest BCUT2D eigenvalue weighted by Gasteiger charge is 2.43. The van der Waals surface area contributed by atoms with E-state index < -0.39 is 22.7 Å². The first kappa shape index (κ1) is 27.4. The van der Waals surface area contributed by atoms with E-state index in [9.17, 15) is 20.0 Å². The molecule has 2 N–H and O–H groups in total. The Kier molecular flexibility index (Phi) is 11.1. The summed E-state index contributed by atoms with van der Waals surface area (Å²) in [5.74, 6) is 2.63. The van der Waals surface area contributed by atoms with Crippen molar-refractivity contribution < 1.29 is 29.0 Å². The first-order valence-corrected chi connectivity index (χ1v) is 11.8. The van der Waals surface area contributed by atoms with Crippen LogP contribution in [0.3, 0.4) is 0 Å². The molecule has 1 heterocycles. The molecule has 1 aromatic carbocycles. The van der Waals surface area contributed by atoms with Gasteiger partial charge in [0.05, 0.1) is 24.1 Å². The van der Waals surface area contributed by atoms with Gasteiger partial charge in [-0.05, 0) is 26.3 Å². The zero-order chi connectivity index (χ0) is 25.0. The highest BCUT2D eigenvalue weighted by atomic mass is 16.6. The molecule has 9 heteroatoms. The minimum absolute atomic E-state index is 0.0648. The first-order chi connectivity index (χ1) is 16.3. The van der Waals surface area contributed by atoms with Gasteiger partial charge in [0.1, 0.15) is 42.0 Å². The minimum Gasteiger partial charge on any atom is -0.493 e. The van der Waals surface area contributed by atoms with E-state index in [0.717, 1.165) is 19.3 Å². The summed E-state index contributed by atoms with van der Waals surface area (Å²) < 4.78 is 17.1. The molecule has 0 unspecified atom stereocenters. The molecule has 34 heavy (non-hydrogen) atoms. The molecule has 0 bridgehead atoms. The SMILES string of the molecule is CCCCCCCCOC(=COCC=C=O)CN[C@H]1c2cc([N+](=O)[O-])ccc2OC(C)(C)[C@@H]1O. The Morgan fingerprint density at radius 3 is 2.74 bits per heavy atom. The van der Waals surface area contributed by atoms with E-state index in [2.05, 4.69) is 12.2 Å². The van der Waals surface area contributed by atoms with Gasteiger partial charge in [0.15, 0.2) is 0 Å². The lowest BCUT2D eigenvalue weighted by atomic mass is 9.86. The standard InChI is InChI=1S/C25H36N2O7/c1-4-5-6-7-8-9-15-33-20(18-32-14-10-13-28)17-26-23-21-16-19(27(30)31)11-12-22(21)34-25(2,3)24(23)29/h10-12,16,18,23-24,26,29H,4-9,14-15,17H2,1-3H3/t23-,24+/m0/s1. The topological polar surface area (TPSA) is 120 Å². The Morgan fingerprint density at radius 1 is 1.29 bits per heavy atom. The number of nitrogens with zero attached hydrogens (tertiary/aromatic N) is 1. The molecule has 0 radical (unpaired) electrons. The van der Waals surface area contributed by atoms with Crippen molar-refractivity contribution >= 4 is 11.6 Å². The minimum atomic E-state index is -0.972. The van der Waals surface area contributed by atoms with Crippen molar-refractivity contribution in [3.8, 4) is 5.75 Å². The number of benzene rings is 1. The summed E-state index contributed by atoms with van der Waals surface area (Å²) in [5.41, 5.74) is -0.490. The van der Waals surface area contributed by atoms with Gasteiger partial charge in [-0.3, -0.25) is 10.1 Å². The van der Waals surface area contributed by atoms with Crippen LogP contribution in [0.2, 0.25) is 0 Å². The van der Waals surface area contributed by atoms with Crippen molar-refractivity contribution in [2.45, 2.75) is 77.0 Å². The van der Waals surface area contributed by atoms with Gasteiger partial charge in [0, 0.05) is 23.8 Å². The van der Waals surface area contributed by atoms with Crippen LogP contribution in [0.5, 0.6) is 5.75 Å². The molecule has 2 rings (SSSR count). The van der Waals surface area contributed by atoms with Crippen LogP contribution in [0, 0.1) is 10.1 Å². The van der Waals surface area contributed by atoms with Crippen molar-refractivity contribution in [2.24, 2.45) is 0 Å². The smallest absolute Gasteiger partial charge is 0.270 e. The second-order valence-electron chi connectivity index (χ2n) is 8.84. The number of non-ortho nitro benzene ring substituents is 1. The number of nitrogens with one attached hydrogen (secondary N) is 1. The molecular formula is C25H36N2O7. The van der Waals surface area contributed by atoms with Crippen LogP contribution in [-0.4, -0.2) is 47.4 Å². The maximum Gasteiger partial charge on any atom is 0.270 e. The molecule has 0 aliphatic carbocycles. The fourth-order valence-electron chi connectivity index (χ4n) is 3.77. The zero-order valence-corrected chi connectivity index (χ0v) is 20.2. The van der Waals surface area contributed by atoms with E-state index in [-0.39, 0.29) is 18.8 Å². The van der Waals surface area contributed by atoms with Gasteiger partial charge in [0.25, 0.3) is 5.69 Å². The lowest BCUT2D eigenvalue weighted by Gasteiger charge is -2.42. The summed E-state index contributed by atoms with van der Waals surface area (Å²) >= 11 is 0. The normalized spacial score (nSPS) is 18.9. The highest BCUT2D eigenvalue weighted by molar-refractivity contribution is 5.48. The summed E-state index contributed by atoms with van der Waals surface area (Å²) in [6, 6.07) is 3.72. The third-order valence-electron chi connectivity index (χ3n) is 5.70. The van der Waals surface area contributed by atoms with E-state index in [1.165, 1.54) is 43.7 Å². The van der Waals surface area contributed by atoms with Crippen LogP contribution in [0.15, 0.2) is 36.3 Å². The largest absolute Gasteiger partial charge is 0.493 e. The number of rotatable bonds is 15. The Hall–Kier alpha value is -2.87. The molecule has 0 aromatic heterocycles. The average molecular weight is 477 g/mol. The number of aliphatic hydroxyl groups excluding tert-OH is 1. The predicted octanol–water partition coefficient (Wildman–Crippen LogP) is 4.38. The molecule has 1 aliphatic rings. The lowest BCUT2D eigenvalue weighted by molar-refractivity contribution is -0.385. The summed E-state index contributed by atoms with van der Waals surface area (Å²) in [7, 11) is 0. The molecule has 0 saturated carbocycles. The third-order valence-corrected chi connectivity index (χ3v) is 5.70. The van der Waals surface area contributed by atoms with Crippen LogP contribution in [0.4, 0.5) is 5.69 Å². The number of unbranched alkanes of at least 4 members (excludes halogenated alkanes) is 5. The maximum atomic E-state index is 11.3. The Balaban J connectivity index is 2.09. The van der Waals surface area contributed by atoms with Gasteiger partial charge >= 0.3 is 0 Å². The molecule has 0 saturated heterocycles. The summed E-state index contributed by atoms with van der Waals surface area (Å²) in [4.78, 5) is 21.2. The third kappa shape index (κ3) is 8.17. The monoisotopic (exact) mass is 476 g/mol. The van der Waals surface area contributed by atoms with Crippen LogP contribution < -0.4 is 10.1 Å². The van der Waals surface area contributed by atoms with Crippen molar-refractivity contribution in [2.75, 3.05) is 19.8 Å². The molecular weight excluding hydrogens is 440 g/mol. The second kappa shape index (κ2) is 13.7. The summed E-state index contributed by atoms with van der Waals surface area (Å²) in [5, 5.41) is 25.5. The molecule has 0 spiro atoms. The van der Waals surface area contributed by atoms with Crippen molar-refractivity contribution in [3.05, 3.63) is 52.0 Å². The molecule has 9 nitrogen and oxygen atoms in total. The number of fused-ring (bicyclic) bond motifs is 1. The van der Waals surface area contributed by atoms with Crippen LogP contribution in [0.25, 0.3) is 0 Å². The van der Waals surface area contributed by atoms with Crippen LogP contribution in [0.1, 0.15) is 70.9 Å². The van der Waals surface area contributed by atoms with Crippen molar-refractivity contribution in [1.82, 2.24) is 5.32 Å². The number of nitro benzene ring substituents is 1. The Morgan fingerprint density at radius 2 is 2.03 bits per heavy atom. The molecule has 0 amide bonds. The van der Waals surface area contributed by atoms with Crippen LogP contribution >= 0.6 is 0 Å². The lowest BCUT2D eigenvalue weighted by Crippen LogP contribution is -2.52. The molecule has 2 atom stereocenters. The van der Waals surface area contributed by atoms with E-state index in [0.29, 0.717) is 23.7 Å². The highest BCUT2D eigenvalue weighted by Crippen LogP contribution is 2.41. The van der Waals surface area contributed by atoms with Gasteiger partial charge in [-0.1, -0.05) is 39.0 Å². The van der Waals surface area contributed by atoms with E-state index in [1.807, 2.05) is 0 Å². The van der Waals surface area contributed by atoms with Gasteiger partial charge in [-0.25, -0.2) is 4.79 Å². The van der Waals surface area contributed by atoms with Gasteiger partial charge < -0.3 is 24.6 Å². The first-order valence-electron chi connectivity index (χ1n) is 11.8. The number of nitro groups is 1.